The zero-order valence-corrected chi connectivity index (χ0v) is 15.6. The molecule has 0 atom stereocenters. The van der Waals surface area contributed by atoms with Crippen LogP contribution in [-0.2, 0) is 4.79 Å². The second-order valence-electron chi connectivity index (χ2n) is 5.41. The smallest absolute Gasteiger partial charge is 0.224 e. The van der Waals surface area contributed by atoms with Crippen LogP contribution in [0, 0.1) is 6.92 Å². The lowest BCUT2D eigenvalue weighted by Crippen LogP contribution is -2.14. The van der Waals surface area contributed by atoms with Crippen LogP contribution in [0.1, 0.15) is 41.2 Å². The van der Waals surface area contributed by atoms with Gasteiger partial charge in [0.1, 0.15) is 11.5 Å². The number of rotatable bonds is 9. The van der Waals surface area contributed by atoms with Gasteiger partial charge in [0.15, 0.2) is 5.78 Å². The van der Waals surface area contributed by atoms with Crippen LogP contribution in [0.15, 0.2) is 30.3 Å². The van der Waals surface area contributed by atoms with Crippen LogP contribution in [0.5, 0.6) is 11.5 Å². The summed E-state index contributed by atoms with van der Waals surface area (Å²) in [6.45, 7) is 6.76. The van der Waals surface area contributed by atoms with Crippen LogP contribution in [0.4, 0.5) is 5.69 Å². The van der Waals surface area contributed by atoms with Crippen molar-refractivity contribution in [3.8, 4) is 11.5 Å². The second kappa shape index (κ2) is 9.22. The Morgan fingerprint density at radius 3 is 2.44 bits per heavy atom. The molecule has 0 fully saturated rings. The Morgan fingerprint density at radius 1 is 1.04 bits per heavy atom. The molecule has 1 N–H and O–H groups in total. The van der Waals surface area contributed by atoms with Crippen molar-refractivity contribution in [3.63, 3.8) is 0 Å². The maximum absolute atomic E-state index is 12.2. The van der Waals surface area contributed by atoms with Crippen LogP contribution >= 0.6 is 11.3 Å². The summed E-state index contributed by atoms with van der Waals surface area (Å²) in [6.07, 6.45) is 0.307. The van der Waals surface area contributed by atoms with Gasteiger partial charge < -0.3 is 14.8 Å². The molecular weight excluding hydrogens is 338 g/mol. The number of hydrogen-bond acceptors (Lipinski definition) is 5. The van der Waals surface area contributed by atoms with Crippen molar-refractivity contribution in [2.45, 2.75) is 33.6 Å². The molecule has 0 aliphatic heterocycles. The monoisotopic (exact) mass is 361 g/mol. The normalized spacial score (nSPS) is 10.4. The Hall–Kier alpha value is -2.34. The summed E-state index contributed by atoms with van der Waals surface area (Å²) in [5.41, 5.74) is 0.553. The van der Waals surface area contributed by atoms with Crippen LogP contribution in [0.25, 0.3) is 0 Å². The second-order valence-corrected chi connectivity index (χ2v) is 6.69. The van der Waals surface area contributed by atoms with Gasteiger partial charge in [-0.3, -0.25) is 9.59 Å². The zero-order valence-electron chi connectivity index (χ0n) is 14.8. The molecule has 1 aromatic heterocycles. The fraction of sp³-hybridized carbons (Fsp3) is 0.368. The zero-order chi connectivity index (χ0) is 18.2. The summed E-state index contributed by atoms with van der Waals surface area (Å²) in [6, 6.07) is 9.01. The molecule has 134 valence electrons. The molecule has 2 aromatic rings. The summed E-state index contributed by atoms with van der Waals surface area (Å²) in [5.74, 6) is 1.00. The first-order chi connectivity index (χ1) is 12.0. The third-order valence-corrected chi connectivity index (χ3v) is 4.47. The van der Waals surface area contributed by atoms with Crippen LogP contribution in [0.3, 0.4) is 0 Å². The SMILES string of the molecule is CCOc1ccc(OCC)c(NC(=O)CCC(=O)c2ccc(C)s2)c1. The highest BCUT2D eigenvalue weighted by molar-refractivity contribution is 7.14. The maximum Gasteiger partial charge on any atom is 0.224 e. The molecule has 0 radical (unpaired) electrons. The molecule has 1 aromatic carbocycles. The molecule has 6 heteroatoms. The van der Waals surface area contributed by atoms with E-state index in [4.69, 9.17) is 9.47 Å². The van der Waals surface area contributed by atoms with Gasteiger partial charge in [0.2, 0.25) is 5.91 Å². The minimum Gasteiger partial charge on any atom is -0.494 e. The molecule has 0 saturated carbocycles. The first kappa shape index (κ1) is 19.0. The number of anilines is 1. The average molecular weight is 361 g/mol. The number of Topliss-reactive ketones (excluding diaryl/α,β-unsaturated/α-hetero) is 1. The Balaban J connectivity index is 1.98. The lowest BCUT2D eigenvalue weighted by molar-refractivity contribution is -0.116. The number of carbonyl (C=O) groups is 2. The van der Waals surface area contributed by atoms with Gasteiger partial charge in [-0.2, -0.15) is 0 Å². The van der Waals surface area contributed by atoms with E-state index in [-0.39, 0.29) is 24.5 Å². The number of amides is 1. The molecule has 0 aliphatic rings. The predicted octanol–water partition coefficient (Wildman–Crippen LogP) is 4.46. The lowest BCUT2D eigenvalue weighted by atomic mass is 10.2. The van der Waals surface area contributed by atoms with Gasteiger partial charge in [-0.15, -0.1) is 11.3 Å². The summed E-state index contributed by atoms with van der Waals surface area (Å²) < 4.78 is 11.0. The van der Waals surface area contributed by atoms with Crippen molar-refractivity contribution >= 4 is 28.7 Å². The molecule has 0 spiro atoms. The van der Waals surface area contributed by atoms with Crippen LogP contribution < -0.4 is 14.8 Å². The molecule has 1 heterocycles. The summed E-state index contributed by atoms with van der Waals surface area (Å²) in [4.78, 5) is 26.1. The van der Waals surface area contributed by atoms with Crippen molar-refractivity contribution in [1.82, 2.24) is 0 Å². The number of benzene rings is 1. The van der Waals surface area contributed by atoms with Crippen LogP contribution in [-0.4, -0.2) is 24.9 Å². The Labute approximate surface area is 152 Å². The Bertz CT molecular complexity index is 739. The van der Waals surface area contributed by atoms with E-state index in [1.54, 1.807) is 24.3 Å². The predicted molar refractivity (Wildman–Crippen MR) is 100 cm³/mol. The quantitative estimate of drug-likeness (QED) is 0.670. The minimum atomic E-state index is -0.226. The molecule has 25 heavy (non-hydrogen) atoms. The number of nitrogens with one attached hydrogen (secondary N) is 1. The van der Waals surface area contributed by atoms with Gasteiger partial charge in [-0.25, -0.2) is 0 Å². The molecule has 1 amide bonds. The van der Waals surface area contributed by atoms with Gasteiger partial charge in [0.05, 0.1) is 23.8 Å². The molecule has 0 unspecified atom stereocenters. The summed E-state index contributed by atoms with van der Waals surface area (Å²) in [7, 11) is 0. The average Bonchev–Trinajstić information content (AvgIpc) is 3.02. The number of thiophene rings is 1. The van der Waals surface area contributed by atoms with E-state index in [1.165, 1.54) is 11.3 Å². The van der Waals surface area contributed by atoms with Gasteiger partial charge in [-0.05, 0) is 45.0 Å². The fourth-order valence-corrected chi connectivity index (χ4v) is 3.13. The Kier molecular flexibility index (Phi) is 7.01. The van der Waals surface area contributed by atoms with Crippen molar-refractivity contribution in [1.29, 1.82) is 0 Å². The molecule has 2 rings (SSSR count). The Morgan fingerprint density at radius 2 is 1.80 bits per heavy atom. The minimum absolute atomic E-state index is 0.0126. The third-order valence-electron chi connectivity index (χ3n) is 3.43. The van der Waals surface area contributed by atoms with Crippen molar-refractivity contribution in [3.05, 3.63) is 40.1 Å². The van der Waals surface area contributed by atoms with Gasteiger partial charge in [-0.1, -0.05) is 0 Å². The molecule has 0 bridgehead atoms. The van der Waals surface area contributed by atoms with Crippen molar-refractivity contribution in [2.24, 2.45) is 0 Å². The summed E-state index contributed by atoms with van der Waals surface area (Å²) >= 11 is 1.45. The van der Waals surface area contributed by atoms with Crippen LogP contribution in [0.2, 0.25) is 0 Å². The fourth-order valence-electron chi connectivity index (χ4n) is 2.29. The molecule has 5 nitrogen and oxygen atoms in total. The first-order valence-corrected chi connectivity index (χ1v) is 9.14. The largest absolute Gasteiger partial charge is 0.494 e. The van der Waals surface area contributed by atoms with Crippen molar-refractivity contribution < 1.29 is 19.1 Å². The highest BCUT2D eigenvalue weighted by Gasteiger charge is 2.13. The number of aryl methyl sites for hydroxylation is 1. The van der Waals surface area contributed by atoms with Gasteiger partial charge in [0, 0.05) is 23.8 Å². The highest BCUT2D eigenvalue weighted by Crippen LogP contribution is 2.29. The topological polar surface area (TPSA) is 64.6 Å². The van der Waals surface area contributed by atoms with Gasteiger partial charge >= 0.3 is 0 Å². The van der Waals surface area contributed by atoms with E-state index in [9.17, 15) is 9.59 Å². The van der Waals surface area contributed by atoms with E-state index < -0.39 is 0 Å². The van der Waals surface area contributed by atoms with Crippen molar-refractivity contribution in [2.75, 3.05) is 18.5 Å². The maximum atomic E-state index is 12.2. The molecule has 0 saturated heterocycles. The number of ether oxygens (including phenoxy) is 2. The van der Waals surface area contributed by atoms with E-state index in [1.807, 2.05) is 26.8 Å². The standard InChI is InChI=1S/C19H23NO4S/c1-4-23-14-7-9-17(24-5-2)15(12-14)20-19(22)11-8-16(21)18-10-6-13(3)25-18/h6-7,9-10,12H,4-5,8,11H2,1-3H3,(H,20,22). The van der Waals surface area contributed by atoms with E-state index >= 15 is 0 Å². The first-order valence-electron chi connectivity index (χ1n) is 8.32. The summed E-state index contributed by atoms with van der Waals surface area (Å²) in [5, 5.41) is 2.81. The molecular formula is C19H23NO4S. The lowest BCUT2D eigenvalue weighted by Gasteiger charge is -2.13. The third kappa shape index (κ3) is 5.60. The highest BCUT2D eigenvalue weighted by atomic mass is 32.1. The molecule has 0 aliphatic carbocycles. The number of carbonyl (C=O) groups excluding carboxylic acids is 2. The van der Waals surface area contributed by atoms with Gasteiger partial charge in [0.25, 0.3) is 0 Å². The number of ketones is 1. The van der Waals surface area contributed by atoms with E-state index in [2.05, 4.69) is 5.32 Å². The van der Waals surface area contributed by atoms with E-state index in [0.29, 0.717) is 35.3 Å². The number of hydrogen-bond donors (Lipinski definition) is 1. The van der Waals surface area contributed by atoms with E-state index in [0.717, 1.165) is 4.88 Å².